The summed E-state index contributed by atoms with van der Waals surface area (Å²) >= 11 is 0. The van der Waals surface area contributed by atoms with Crippen molar-refractivity contribution in [2.75, 3.05) is 11.9 Å². The molecule has 0 heterocycles. The Bertz CT molecular complexity index is 463. The molecule has 0 atom stereocenters. The monoisotopic (exact) mass is 231 g/mol. The lowest BCUT2D eigenvalue weighted by atomic mass is 10.1. The molecular weight excluding hydrogens is 214 g/mol. The molecule has 0 amide bonds. The van der Waals surface area contributed by atoms with Gasteiger partial charge in [0.2, 0.25) is 0 Å². The minimum absolute atomic E-state index is 0.374. The average Bonchev–Trinajstić information content (AvgIpc) is 2.75. The number of aryl methyl sites for hydroxylation is 2. The zero-order valence-corrected chi connectivity index (χ0v) is 9.99. The van der Waals surface area contributed by atoms with Crippen molar-refractivity contribution in [1.82, 2.24) is 0 Å². The van der Waals surface area contributed by atoms with E-state index in [0.717, 1.165) is 12.1 Å². The van der Waals surface area contributed by atoms with Crippen LogP contribution in [0.25, 0.3) is 0 Å². The van der Waals surface area contributed by atoms with E-state index in [4.69, 9.17) is 5.11 Å². The van der Waals surface area contributed by atoms with E-state index in [0.29, 0.717) is 12.1 Å². The highest BCUT2D eigenvalue weighted by molar-refractivity contribution is 5.85. The Kier molecular flexibility index (Phi) is 3.47. The first-order valence-corrected chi connectivity index (χ1v) is 5.92. The Hall–Kier alpha value is -1.77. The minimum Gasteiger partial charge on any atom is -0.478 e. The summed E-state index contributed by atoms with van der Waals surface area (Å²) in [7, 11) is 0. The van der Waals surface area contributed by atoms with E-state index in [-0.39, 0.29) is 0 Å². The second-order valence-electron chi connectivity index (χ2n) is 4.41. The van der Waals surface area contributed by atoms with Crippen LogP contribution in [0.15, 0.2) is 29.8 Å². The Morgan fingerprint density at radius 1 is 1.41 bits per heavy atom. The summed E-state index contributed by atoms with van der Waals surface area (Å²) < 4.78 is 0. The normalized spacial score (nSPS) is 14.5. The zero-order valence-electron chi connectivity index (χ0n) is 9.99. The van der Waals surface area contributed by atoms with Crippen molar-refractivity contribution < 1.29 is 9.90 Å². The first-order chi connectivity index (χ1) is 8.16. The van der Waals surface area contributed by atoms with E-state index in [1.165, 1.54) is 24.0 Å². The first-order valence-electron chi connectivity index (χ1n) is 5.92. The van der Waals surface area contributed by atoms with Gasteiger partial charge >= 0.3 is 5.97 Å². The maximum Gasteiger partial charge on any atom is 0.331 e. The molecule has 0 unspecified atom stereocenters. The predicted octanol–water partition coefficient (Wildman–Crippen LogP) is 2.62. The Morgan fingerprint density at radius 3 is 2.94 bits per heavy atom. The second-order valence-corrected chi connectivity index (χ2v) is 4.41. The molecule has 0 aliphatic heterocycles. The van der Waals surface area contributed by atoms with Gasteiger partial charge in [0.1, 0.15) is 0 Å². The van der Waals surface area contributed by atoms with E-state index >= 15 is 0 Å². The van der Waals surface area contributed by atoms with E-state index < -0.39 is 5.97 Å². The first kappa shape index (κ1) is 11.7. The predicted molar refractivity (Wildman–Crippen MR) is 68.3 cm³/mol. The zero-order chi connectivity index (χ0) is 12.3. The van der Waals surface area contributed by atoms with Gasteiger partial charge in [-0.1, -0.05) is 12.1 Å². The number of carboxylic acids is 1. The second kappa shape index (κ2) is 5.04. The maximum atomic E-state index is 10.6. The van der Waals surface area contributed by atoms with E-state index in [2.05, 4.69) is 23.5 Å². The molecule has 1 aliphatic carbocycles. The summed E-state index contributed by atoms with van der Waals surface area (Å²) in [6.45, 7) is 2.16. The van der Waals surface area contributed by atoms with E-state index in [1.54, 1.807) is 13.0 Å². The number of fused-ring (bicyclic) bond motifs is 1. The standard InChI is InChI=1S/C14H17NO2/c1-10(14(16)17)7-8-15-13-6-5-11-3-2-4-12(11)9-13/h5-7,9,15H,2-4,8H2,1H3,(H,16,17)/b10-7-. The lowest BCUT2D eigenvalue weighted by molar-refractivity contribution is -0.132. The molecule has 0 radical (unpaired) electrons. The quantitative estimate of drug-likeness (QED) is 0.783. The lowest BCUT2D eigenvalue weighted by Crippen LogP contribution is -2.03. The van der Waals surface area contributed by atoms with Gasteiger partial charge in [0.05, 0.1) is 0 Å². The van der Waals surface area contributed by atoms with Gasteiger partial charge in [-0.15, -0.1) is 0 Å². The van der Waals surface area contributed by atoms with Crippen LogP contribution in [0, 0.1) is 0 Å². The van der Waals surface area contributed by atoms with Crippen molar-refractivity contribution in [2.45, 2.75) is 26.2 Å². The van der Waals surface area contributed by atoms with E-state index in [9.17, 15) is 4.79 Å². The van der Waals surface area contributed by atoms with Gasteiger partial charge in [0.25, 0.3) is 0 Å². The van der Waals surface area contributed by atoms with Crippen molar-refractivity contribution in [3.63, 3.8) is 0 Å². The van der Waals surface area contributed by atoms with Crippen molar-refractivity contribution >= 4 is 11.7 Å². The van der Waals surface area contributed by atoms with Crippen LogP contribution < -0.4 is 5.32 Å². The molecule has 0 saturated carbocycles. The number of nitrogens with one attached hydrogen (secondary N) is 1. The van der Waals surface area contributed by atoms with Gasteiger partial charge in [-0.2, -0.15) is 0 Å². The molecule has 0 saturated heterocycles. The number of aliphatic carboxylic acids is 1. The number of benzene rings is 1. The summed E-state index contributed by atoms with van der Waals surface area (Å²) in [5.74, 6) is -0.860. The average molecular weight is 231 g/mol. The lowest BCUT2D eigenvalue weighted by Gasteiger charge is -2.06. The topological polar surface area (TPSA) is 49.3 Å². The molecule has 3 heteroatoms. The molecule has 0 fully saturated rings. The molecule has 2 rings (SSSR count). The van der Waals surface area contributed by atoms with Crippen LogP contribution in [0.5, 0.6) is 0 Å². The number of hydrogen-bond donors (Lipinski definition) is 2. The molecule has 17 heavy (non-hydrogen) atoms. The molecule has 3 nitrogen and oxygen atoms in total. The van der Waals surface area contributed by atoms with Crippen molar-refractivity contribution in [2.24, 2.45) is 0 Å². The third kappa shape index (κ3) is 2.87. The third-order valence-corrected chi connectivity index (χ3v) is 3.15. The van der Waals surface area contributed by atoms with E-state index in [1.807, 2.05) is 0 Å². The minimum atomic E-state index is -0.860. The van der Waals surface area contributed by atoms with Crippen molar-refractivity contribution in [1.29, 1.82) is 0 Å². The molecule has 90 valence electrons. The molecule has 0 spiro atoms. The summed E-state index contributed by atoms with van der Waals surface area (Å²) in [4.78, 5) is 10.6. The fraction of sp³-hybridized carbons (Fsp3) is 0.357. The highest BCUT2D eigenvalue weighted by Crippen LogP contribution is 2.24. The number of carbonyl (C=O) groups is 1. The van der Waals surface area contributed by atoms with Crippen LogP contribution in [0.1, 0.15) is 24.5 Å². The van der Waals surface area contributed by atoms with Gasteiger partial charge in [-0.3, -0.25) is 0 Å². The number of rotatable bonds is 4. The maximum absolute atomic E-state index is 10.6. The molecule has 0 aromatic heterocycles. The van der Waals surface area contributed by atoms with Crippen molar-refractivity contribution in [3.05, 3.63) is 41.0 Å². The fourth-order valence-electron chi connectivity index (χ4n) is 2.09. The van der Waals surface area contributed by atoms with Crippen LogP contribution in [0.4, 0.5) is 5.69 Å². The summed E-state index contributed by atoms with van der Waals surface area (Å²) in [6, 6.07) is 6.40. The highest BCUT2D eigenvalue weighted by Gasteiger charge is 2.10. The Labute approximate surface area is 101 Å². The van der Waals surface area contributed by atoms with Crippen molar-refractivity contribution in [3.8, 4) is 0 Å². The van der Waals surface area contributed by atoms with Crippen LogP contribution in [0.2, 0.25) is 0 Å². The summed E-state index contributed by atoms with van der Waals surface area (Å²) in [5, 5.41) is 11.9. The van der Waals surface area contributed by atoms with Crippen LogP contribution in [-0.4, -0.2) is 17.6 Å². The fourth-order valence-corrected chi connectivity index (χ4v) is 2.09. The number of carboxylic acid groups (broad SMARTS) is 1. The SMILES string of the molecule is C/C(=C/CNc1ccc2c(c1)CCC2)C(=O)O. The third-order valence-electron chi connectivity index (χ3n) is 3.15. The highest BCUT2D eigenvalue weighted by atomic mass is 16.4. The largest absolute Gasteiger partial charge is 0.478 e. The molecule has 1 aromatic carbocycles. The Morgan fingerprint density at radius 2 is 2.18 bits per heavy atom. The molecular formula is C14H17NO2. The Balaban J connectivity index is 1.96. The van der Waals surface area contributed by atoms with Crippen LogP contribution in [0.3, 0.4) is 0 Å². The number of anilines is 1. The van der Waals surface area contributed by atoms with Gasteiger partial charge in [-0.25, -0.2) is 4.79 Å². The van der Waals surface area contributed by atoms with Gasteiger partial charge in [-0.05, 0) is 49.4 Å². The van der Waals surface area contributed by atoms with Crippen LogP contribution in [-0.2, 0) is 17.6 Å². The smallest absolute Gasteiger partial charge is 0.331 e. The summed E-state index contributed by atoms with van der Waals surface area (Å²) in [6.07, 6.45) is 5.29. The number of hydrogen-bond acceptors (Lipinski definition) is 2. The molecule has 0 bridgehead atoms. The summed E-state index contributed by atoms with van der Waals surface area (Å²) in [5.41, 5.74) is 4.32. The molecule has 1 aliphatic rings. The van der Waals surface area contributed by atoms with Gasteiger partial charge in [0.15, 0.2) is 0 Å². The van der Waals surface area contributed by atoms with Crippen LogP contribution >= 0.6 is 0 Å². The molecule has 1 aromatic rings. The van der Waals surface area contributed by atoms with Gasteiger partial charge < -0.3 is 10.4 Å². The molecule has 2 N–H and O–H groups in total. The van der Waals surface area contributed by atoms with Gasteiger partial charge in [0, 0.05) is 17.8 Å².